The van der Waals surface area contributed by atoms with Crippen molar-refractivity contribution in [2.24, 2.45) is 15.2 Å². The van der Waals surface area contributed by atoms with Gasteiger partial charge >= 0.3 is 6.01 Å². The Morgan fingerprint density at radius 1 is 1.11 bits per heavy atom. The highest BCUT2D eigenvalue weighted by Crippen LogP contribution is 2.40. The van der Waals surface area contributed by atoms with Crippen LogP contribution in [0.1, 0.15) is 20.8 Å². The largest absolute Gasteiger partial charge is 0.483 e. The van der Waals surface area contributed by atoms with E-state index in [-0.39, 0.29) is 11.2 Å². The molecule has 27 heavy (non-hydrogen) atoms. The van der Waals surface area contributed by atoms with E-state index in [0.29, 0.717) is 18.0 Å². The molecule has 0 fully saturated rings. The molecule has 2 aromatic rings. The topological polar surface area (TPSA) is 78.8 Å². The van der Waals surface area contributed by atoms with Crippen molar-refractivity contribution in [2.75, 3.05) is 43.6 Å². The van der Waals surface area contributed by atoms with Gasteiger partial charge < -0.3 is 19.0 Å². The number of ether oxygens (including phenoxy) is 1. The van der Waals surface area contributed by atoms with E-state index in [9.17, 15) is 0 Å². The molecule has 0 bridgehead atoms. The van der Waals surface area contributed by atoms with E-state index in [2.05, 4.69) is 39.0 Å². The van der Waals surface area contributed by atoms with Gasteiger partial charge in [0.15, 0.2) is 6.40 Å². The first-order chi connectivity index (χ1) is 13.0. The number of nitrogens with zero attached hydrogens (tertiary/aromatic N) is 6. The van der Waals surface area contributed by atoms with Crippen molar-refractivity contribution in [1.82, 2.24) is 4.98 Å². The first-order valence-corrected chi connectivity index (χ1v) is 9.15. The minimum absolute atomic E-state index is 0.0824. The molecule has 0 aliphatic rings. The highest BCUT2D eigenvalue weighted by atomic mass is 35.5. The van der Waals surface area contributed by atoms with Crippen LogP contribution in [0.15, 0.2) is 38.0 Å². The number of hydrogen-bond acceptors (Lipinski definition) is 8. The number of benzene rings is 1. The summed E-state index contributed by atoms with van der Waals surface area (Å²) < 4.78 is 10.4. The molecule has 1 aromatic heterocycles. The van der Waals surface area contributed by atoms with Crippen LogP contribution in [-0.4, -0.2) is 45.2 Å². The van der Waals surface area contributed by atoms with E-state index in [4.69, 9.17) is 20.8 Å². The van der Waals surface area contributed by atoms with E-state index in [1.54, 1.807) is 0 Å². The zero-order chi connectivity index (χ0) is 19.8. The molecule has 0 spiro atoms. The summed E-state index contributed by atoms with van der Waals surface area (Å²) in [6, 6.07) is 3.99. The highest BCUT2D eigenvalue weighted by molar-refractivity contribution is 6.28. The van der Waals surface area contributed by atoms with Crippen LogP contribution in [-0.2, 0) is 4.74 Å². The third kappa shape index (κ3) is 5.43. The first-order valence-electron chi connectivity index (χ1n) is 8.77. The van der Waals surface area contributed by atoms with Gasteiger partial charge in [0.1, 0.15) is 5.69 Å². The maximum atomic E-state index is 5.73. The molecule has 146 valence electrons. The zero-order valence-corrected chi connectivity index (χ0v) is 17.1. The Hall–Kier alpha value is -2.61. The van der Waals surface area contributed by atoms with Crippen LogP contribution < -0.4 is 9.80 Å². The van der Waals surface area contributed by atoms with Crippen LogP contribution in [0.2, 0.25) is 5.22 Å². The molecule has 0 atom stereocenters. The lowest BCUT2D eigenvalue weighted by atomic mass is 10.1. The van der Waals surface area contributed by atoms with Gasteiger partial charge in [0.2, 0.25) is 5.22 Å². The fourth-order valence-corrected chi connectivity index (χ4v) is 2.59. The Balaban J connectivity index is 2.54. The van der Waals surface area contributed by atoms with Gasteiger partial charge in [0, 0.05) is 27.2 Å². The summed E-state index contributed by atoms with van der Waals surface area (Å²) in [6.07, 6.45) is 2.79. The Bertz CT molecular complexity index is 799. The van der Waals surface area contributed by atoms with Crippen molar-refractivity contribution in [3.8, 4) is 0 Å². The van der Waals surface area contributed by atoms with E-state index >= 15 is 0 Å². The monoisotopic (exact) mass is 392 g/mol. The second-order valence-electron chi connectivity index (χ2n) is 5.73. The van der Waals surface area contributed by atoms with Gasteiger partial charge in [-0.05, 0) is 44.5 Å². The quantitative estimate of drug-likeness (QED) is 0.326. The van der Waals surface area contributed by atoms with Crippen molar-refractivity contribution in [2.45, 2.75) is 20.8 Å². The molecular formula is C18H25ClN6O2. The molecule has 1 heterocycles. The minimum atomic E-state index is 0.0824. The molecule has 9 heteroatoms. The fourth-order valence-electron chi connectivity index (χ4n) is 2.47. The lowest BCUT2D eigenvalue weighted by Gasteiger charge is -2.27. The smallest absolute Gasteiger partial charge is 0.342 e. The molecule has 0 saturated heterocycles. The standard InChI is InChI=1S/C18H25ClN6O2/c1-6-25(7-2)16-9-13(21-12-26-8-3)14(10-15(16)24(4)5)22-23-18-20-11-17(19)27-18/h9-12H,6-8H2,1-5H3. The zero-order valence-electron chi connectivity index (χ0n) is 16.3. The van der Waals surface area contributed by atoms with Gasteiger partial charge in [0.25, 0.3) is 0 Å². The molecule has 8 nitrogen and oxygen atoms in total. The Labute approximate surface area is 164 Å². The van der Waals surface area contributed by atoms with Crippen LogP contribution in [0.5, 0.6) is 0 Å². The molecule has 0 N–H and O–H groups in total. The second kappa shape index (κ2) is 9.91. The molecule has 0 amide bonds. The third-order valence-electron chi connectivity index (χ3n) is 3.80. The average Bonchev–Trinajstić information content (AvgIpc) is 3.07. The third-order valence-corrected chi connectivity index (χ3v) is 3.97. The number of rotatable bonds is 9. The van der Waals surface area contributed by atoms with Crippen LogP contribution in [0.25, 0.3) is 0 Å². The van der Waals surface area contributed by atoms with Gasteiger partial charge in [0.05, 0.1) is 29.9 Å². The summed E-state index contributed by atoms with van der Waals surface area (Å²) in [5.41, 5.74) is 3.28. The molecule has 0 saturated carbocycles. The first kappa shape index (κ1) is 20.7. The maximum absolute atomic E-state index is 5.73. The van der Waals surface area contributed by atoms with E-state index in [1.165, 1.54) is 12.6 Å². The van der Waals surface area contributed by atoms with E-state index in [1.807, 2.05) is 38.1 Å². The fraction of sp³-hybridized carbons (Fsp3) is 0.444. The average molecular weight is 393 g/mol. The van der Waals surface area contributed by atoms with E-state index in [0.717, 1.165) is 24.5 Å². The van der Waals surface area contributed by atoms with Crippen LogP contribution in [0.3, 0.4) is 0 Å². The van der Waals surface area contributed by atoms with Gasteiger partial charge in [-0.3, -0.25) is 0 Å². The molecule has 0 aliphatic heterocycles. The maximum Gasteiger partial charge on any atom is 0.342 e. The van der Waals surface area contributed by atoms with Crippen LogP contribution in [0.4, 0.5) is 28.8 Å². The highest BCUT2D eigenvalue weighted by Gasteiger charge is 2.15. The van der Waals surface area contributed by atoms with Crippen molar-refractivity contribution < 1.29 is 9.15 Å². The van der Waals surface area contributed by atoms with Gasteiger partial charge in [-0.2, -0.15) is 4.98 Å². The summed E-state index contributed by atoms with van der Waals surface area (Å²) in [4.78, 5) is 12.6. The molecule has 0 unspecified atom stereocenters. The molecule has 2 rings (SSSR count). The predicted molar refractivity (Wildman–Crippen MR) is 110 cm³/mol. The summed E-state index contributed by atoms with van der Waals surface area (Å²) >= 11 is 5.73. The van der Waals surface area contributed by atoms with Gasteiger partial charge in [-0.25, -0.2) is 4.99 Å². The Morgan fingerprint density at radius 2 is 1.81 bits per heavy atom. The van der Waals surface area contributed by atoms with Crippen LogP contribution in [0, 0.1) is 0 Å². The summed E-state index contributed by atoms with van der Waals surface area (Å²) in [5.74, 6) is 0. The van der Waals surface area contributed by atoms with Crippen molar-refractivity contribution >= 4 is 46.8 Å². The number of oxazole rings is 1. The number of anilines is 2. The number of halogens is 1. The normalized spacial score (nSPS) is 11.5. The minimum Gasteiger partial charge on any atom is -0.483 e. The van der Waals surface area contributed by atoms with Crippen molar-refractivity contribution in [1.29, 1.82) is 0 Å². The summed E-state index contributed by atoms with van der Waals surface area (Å²) in [6.45, 7) is 8.42. The lowest BCUT2D eigenvalue weighted by Crippen LogP contribution is -2.24. The van der Waals surface area contributed by atoms with Crippen molar-refractivity contribution in [3.05, 3.63) is 23.5 Å². The Morgan fingerprint density at radius 3 is 2.37 bits per heavy atom. The molecule has 0 radical (unpaired) electrons. The van der Waals surface area contributed by atoms with Crippen LogP contribution >= 0.6 is 11.6 Å². The number of azo groups is 1. The number of aliphatic imine (C=N–C) groups is 1. The summed E-state index contributed by atoms with van der Waals surface area (Å²) in [7, 11) is 3.97. The second-order valence-corrected chi connectivity index (χ2v) is 6.11. The lowest BCUT2D eigenvalue weighted by molar-refractivity contribution is 0.344. The Kier molecular flexibility index (Phi) is 7.60. The number of aromatic nitrogens is 1. The molecule has 1 aromatic carbocycles. The van der Waals surface area contributed by atoms with Gasteiger partial charge in [-0.15, -0.1) is 5.11 Å². The predicted octanol–water partition coefficient (Wildman–Crippen LogP) is 5.35. The molecule has 0 aliphatic carbocycles. The number of hydrogen-bond donors (Lipinski definition) is 0. The van der Waals surface area contributed by atoms with Gasteiger partial charge in [-0.1, -0.05) is 5.11 Å². The van der Waals surface area contributed by atoms with Crippen molar-refractivity contribution in [3.63, 3.8) is 0 Å². The SMILES string of the molecule is CCOC=Nc1cc(N(CC)CC)c(N(C)C)cc1N=Nc1ncc(Cl)o1. The molecular weight excluding hydrogens is 368 g/mol. The van der Waals surface area contributed by atoms with E-state index < -0.39 is 0 Å². The summed E-state index contributed by atoms with van der Waals surface area (Å²) in [5, 5.41) is 8.43.